The highest BCUT2D eigenvalue weighted by atomic mass is 15.2. The lowest BCUT2D eigenvalue weighted by molar-refractivity contribution is 0.518. The second kappa shape index (κ2) is 5.02. The summed E-state index contributed by atoms with van der Waals surface area (Å²) >= 11 is 0. The lowest BCUT2D eigenvalue weighted by Gasteiger charge is -2.28. The molecule has 0 aromatic heterocycles. The maximum atomic E-state index is 6.53. The van der Waals surface area contributed by atoms with Crippen LogP contribution in [0.15, 0.2) is 82.7 Å². The molecular weight excluding hydrogens is 246 g/mol. The van der Waals surface area contributed by atoms with Crippen molar-refractivity contribution in [1.82, 2.24) is 0 Å². The van der Waals surface area contributed by atoms with E-state index >= 15 is 0 Å². The first kappa shape index (κ1) is 12.8. The molecule has 0 radical (unpaired) electrons. The van der Waals surface area contributed by atoms with E-state index in [1.807, 2.05) is 48.5 Å². The van der Waals surface area contributed by atoms with Gasteiger partial charge in [0.1, 0.15) is 0 Å². The Balaban J connectivity index is 1.99. The summed E-state index contributed by atoms with van der Waals surface area (Å²) < 4.78 is 0. The highest BCUT2D eigenvalue weighted by Crippen LogP contribution is 2.41. The fourth-order valence-corrected chi connectivity index (χ4v) is 2.62. The SMILES string of the molecule is CC(C1=CN=NC1(N)c1ccccc1)c1ccccc1. The van der Waals surface area contributed by atoms with E-state index < -0.39 is 5.66 Å². The van der Waals surface area contributed by atoms with E-state index in [-0.39, 0.29) is 5.92 Å². The van der Waals surface area contributed by atoms with E-state index in [0.717, 1.165) is 11.1 Å². The molecule has 100 valence electrons. The summed E-state index contributed by atoms with van der Waals surface area (Å²) in [6, 6.07) is 20.2. The standard InChI is InChI=1S/C17H17N3/c1-13(14-8-4-2-5-9-14)16-12-19-20-17(16,18)15-10-6-3-7-11-15/h2-13H,18H2,1H3. The third-order valence-corrected chi connectivity index (χ3v) is 3.83. The van der Waals surface area contributed by atoms with E-state index in [0.29, 0.717) is 0 Å². The van der Waals surface area contributed by atoms with Crippen molar-refractivity contribution in [3.63, 3.8) is 0 Å². The number of hydrogen-bond acceptors (Lipinski definition) is 3. The fraction of sp³-hybridized carbons (Fsp3) is 0.176. The lowest BCUT2D eigenvalue weighted by atomic mass is 9.82. The third kappa shape index (κ3) is 2.06. The average molecular weight is 263 g/mol. The van der Waals surface area contributed by atoms with Crippen LogP contribution in [-0.2, 0) is 5.66 Å². The first-order valence-corrected chi connectivity index (χ1v) is 6.74. The molecule has 1 aliphatic heterocycles. The molecule has 0 amide bonds. The Morgan fingerprint density at radius 2 is 1.55 bits per heavy atom. The van der Waals surface area contributed by atoms with Gasteiger partial charge < -0.3 is 0 Å². The van der Waals surface area contributed by atoms with Gasteiger partial charge in [-0.3, -0.25) is 5.73 Å². The first-order chi connectivity index (χ1) is 9.72. The zero-order valence-electron chi connectivity index (χ0n) is 11.4. The molecule has 1 aliphatic rings. The summed E-state index contributed by atoms with van der Waals surface area (Å²) in [5, 5.41) is 8.35. The number of nitrogens with zero attached hydrogens (tertiary/aromatic N) is 2. The number of benzene rings is 2. The zero-order chi connectivity index (χ0) is 14.0. The third-order valence-electron chi connectivity index (χ3n) is 3.83. The summed E-state index contributed by atoms with van der Waals surface area (Å²) in [5.74, 6) is 0.177. The van der Waals surface area contributed by atoms with Gasteiger partial charge in [0.15, 0.2) is 5.66 Å². The van der Waals surface area contributed by atoms with Gasteiger partial charge in [-0.2, -0.15) is 10.2 Å². The minimum Gasteiger partial charge on any atom is -0.298 e. The number of rotatable bonds is 3. The molecule has 3 rings (SSSR count). The molecule has 3 heteroatoms. The molecule has 1 heterocycles. The Kier molecular flexibility index (Phi) is 3.20. The van der Waals surface area contributed by atoms with Crippen molar-refractivity contribution >= 4 is 0 Å². The van der Waals surface area contributed by atoms with Crippen LogP contribution in [0.5, 0.6) is 0 Å². The molecule has 20 heavy (non-hydrogen) atoms. The summed E-state index contributed by atoms with van der Waals surface area (Å²) in [6.45, 7) is 2.14. The predicted molar refractivity (Wildman–Crippen MR) is 80.1 cm³/mol. The van der Waals surface area contributed by atoms with Crippen molar-refractivity contribution in [3.8, 4) is 0 Å². The molecule has 2 aromatic carbocycles. The molecule has 2 atom stereocenters. The second-order valence-electron chi connectivity index (χ2n) is 5.06. The Labute approximate surface area is 118 Å². The van der Waals surface area contributed by atoms with Crippen molar-refractivity contribution in [2.24, 2.45) is 16.0 Å². The van der Waals surface area contributed by atoms with Crippen molar-refractivity contribution in [2.75, 3.05) is 0 Å². The van der Waals surface area contributed by atoms with Gasteiger partial charge in [0.2, 0.25) is 0 Å². The number of azo groups is 1. The maximum Gasteiger partial charge on any atom is 0.179 e. The van der Waals surface area contributed by atoms with Gasteiger partial charge in [-0.05, 0) is 11.1 Å². The summed E-state index contributed by atoms with van der Waals surface area (Å²) in [5.41, 5.74) is 8.89. The summed E-state index contributed by atoms with van der Waals surface area (Å²) in [6.07, 6.45) is 1.80. The van der Waals surface area contributed by atoms with Gasteiger partial charge in [0.05, 0.1) is 6.20 Å². The summed E-state index contributed by atoms with van der Waals surface area (Å²) in [4.78, 5) is 0. The van der Waals surface area contributed by atoms with Crippen LogP contribution in [0.1, 0.15) is 24.0 Å². The van der Waals surface area contributed by atoms with Gasteiger partial charge in [-0.15, -0.1) is 0 Å². The minimum absolute atomic E-state index is 0.177. The van der Waals surface area contributed by atoms with Gasteiger partial charge in [-0.1, -0.05) is 67.6 Å². The van der Waals surface area contributed by atoms with Gasteiger partial charge in [0, 0.05) is 11.5 Å². The Morgan fingerprint density at radius 3 is 2.20 bits per heavy atom. The van der Waals surface area contributed by atoms with Crippen molar-refractivity contribution in [1.29, 1.82) is 0 Å². The Morgan fingerprint density at radius 1 is 0.950 bits per heavy atom. The van der Waals surface area contributed by atoms with E-state index in [4.69, 9.17) is 5.73 Å². The van der Waals surface area contributed by atoms with Crippen LogP contribution >= 0.6 is 0 Å². The lowest BCUT2D eigenvalue weighted by Crippen LogP contribution is -2.36. The molecule has 0 bridgehead atoms. The topological polar surface area (TPSA) is 50.7 Å². The molecule has 3 nitrogen and oxygen atoms in total. The Bertz CT molecular complexity index is 646. The van der Waals surface area contributed by atoms with Crippen LogP contribution < -0.4 is 5.73 Å². The fourth-order valence-electron chi connectivity index (χ4n) is 2.62. The molecule has 0 saturated heterocycles. The quantitative estimate of drug-likeness (QED) is 0.895. The molecule has 0 fully saturated rings. The largest absolute Gasteiger partial charge is 0.298 e. The van der Waals surface area contributed by atoms with E-state index in [2.05, 4.69) is 29.3 Å². The number of nitrogens with two attached hydrogens (primary N) is 1. The molecule has 2 N–H and O–H groups in total. The van der Waals surface area contributed by atoms with Crippen LogP contribution in [0.4, 0.5) is 0 Å². The minimum atomic E-state index is -0.851. The maximum absolute atomic E-state index is 6.53. The normalized spacial score (nSPS) is 22.6. The highest BCUT2D eigenvalue weighted by Gasteiger charge is 2.38. The van der Waals surface area contributed by atoms with Crippen LogP contribution in [0.25, 0.3) is 0 Å². The highest BCUT2D eigenvalue weighted by molar-refractivity contribution is 5.41. The molecule has 0 spiro atoms. The smallest absolute Gasteiger partial charge is 0.179 e. The van der Waals surface area contributed by atoms with Crippen molar-refractivity contribution in [2.45, 2.75) is 18.5 Å². The van der Waals surface area contributed by atoms with E-state index in [1.54, 1.807) is 6.20 Å². The van der Waals surface area contributed by atoms with Gasteiger partial charge in [-0.25, -0.2) is 0 Å². The molecule has 2 unspecified atom stereocenters. The van der Waals surface area contributed by atoms with E-state index in [9.17, 15) is 0 Å². The second-order valence-corrected chi connectivity index (χ2v) is 5.06. The molecule has 2 aromatic rings. The van der Waals surface area contributed by atoms with Gasteiger partial charge in [0.25, 0.3) is 0 Å². The zero-order valence-corrected chi connectivity index (χ0v) is 11.4. The van der Waals surface area contributed by atoms with Crippen LogP contribution in [0, 0.1) is 0 Å². The van der Waals surface area contributed by atoms with Crippen LogP contribution in [0.3, 0.4) is 0 Å². The molecule has 0 saturated carbocycles. The van der Waals surface area contributed by atoms with Crippen LogP contribution in [0.2, 0.25) is 0 Å². The summed E-state index contributed by atoms with van der Waals surface area (Å²) in [7, 11) is 0. The monoisotopic (exact) mass is 263 g/mol. The molecule has 0 aliphatic carbocycles. The first-order valence-electron chi connectivity index (χ1n) is 6.74. The Hall–Kier alpha value is -2.26. The van der Waals surface area contributed by atoms with Crippen molar-refractivity contribution in [3.05, 3.63) is 83.6 Å². The van der Waals surface area contributed by atoms with Crippen molar-refractivity contribution < 1.29 is 0 Å². The van der Waals surface area contributed by atoms with E-state index in [1.165, 1.54) is 5.56 Å². The van der Waals surface area contributed by atoms with Gasteiger partial charge >= 0.3 is 0 Å². The average Bonchev–Trinajstić information content (AvgIpc) is 2.91. The predicted octanol–water partition coefficient (Wildman–Crippen LogP) is 3.95. The number of hydrogen-bond donors (Lipinski definition) is 1. The molecular formula is C17H17N3. The van der Waals surface area contributed by atoms with Crippen LogP contribution in [-0.4, -0.2) is 0 Å².